The number of nitriles is 1. The molecule has 4 aromatic rings. The minimum atomic E-state index is 0.0760. The summed E-state index contributed by atoms with van der Waals surface area (Å²) in [5.41, 5.74) is 3.06. The molecule has 0 fully saturated rings. The van der Waals surface area contributed by atoms with Crippen LogP contribution in [-0.4, -0.2) is 16.5 Å². The Morgan fingerprint density at radius 2 is 1.70 bits per heavy atom. The number of H-pyrrole nitrogens is 1. The molecule has 0 unspecified atom stereocenters. The van der Waals surface area contributed by atoms with E-state index in [2.05, 4.69) is 76.4 Å². The van der Waals surface area contributed by atoms with Gasteiger partial charge in [-0.1, -0.05) is 55.4 Å². The van der Waals surface area contributed by atoms with E-state index < -0.39 is 0 Å². The minimum absolute atomic E-state index is 0.0760. The first-order chi connectivity index (χ1) is 16.3. The number of imidazole rings is 1. The van der Waals surface area contributed by atoms with Crippen LogP contribution in [0.15, 0.2) is 101 Å². The summed E-state index contributed by atoms with van der Waals surface area (Å²) >= 11 is 1.77. The highest BCUT2D eigenvalue weighted by Crippen LogP contribution is 2.33. The summed E-state index contributed by atoms with van der Waals surface area (Å²) in [7, 11) is 0. The molecule has 166 valence electrons. The highest BCUT2D eigenvalue weighted by Gasteiger charge is 2.23. The fourth-order valence-electron chi connectivity index (χ4n) is 3.88. The fraction of sp³-hybridized carbons (Fsp3) is 0.214. The molecular weight excluding hydrogens is 424 g/mol. The Bertz CT molecular complexity index is 1150. The summed E-state index contributed by atoms with van der Waals surface area (Å²) in [5, 5.41) is 9.14. The third kappa shape index (κ3) is 6.06. The van der Waals surface area contributed by atoms with Crippen molar-refractivity contribution < 1.29 is 0 Å². The molecule has 0 saturated carbocycles. The lowest BCUT2D eigenvalue weighted by Crippen LogP contribution is -2.32. The van der Waals surface area contributed by atoms with Crippen LogP contribution in [0.25, 0.3) is 0 Å². The zero-order chi connectivity index (χ0) is 22.9. The highest BCUT2D eigenvalue weighted by molar-refractivity contribution is 7.99. The van der Waals surface area contributed by atoms with Crippen LogP contribution in [0.3, 0.4) is 0 Å². The molecule has 1 atom stereocenters. The third-order valence-electron chi connectivity index (χ3n) is 5.62. The molecule has 4 nitrogen and oxygen atoms in total. The third-order valence-corrected chi connectivity index (χ3v) is 6.64. The SMILES string of the molecule is CCCCN(c1ccc(Sc2ccccc2)cc1)[C@@H](Cc1ccc(C#N)cc1)c1ncc[nH]1. The van der Waals surface area contributed by atoms with Crippen LogP contribution < -0.4 is 4.90 Å². The summed E-state index contributed by atoms with van der Waals surface area (Å²) in [6, 6.07) is 29.4. The van der Waals surface area contributed by atoms with Crippen LogP contribution >= 0.6 is 11.8 Å². The molecule has 1 N–H and O–H groups in total. The topological polar surface area (TPSA) is 55.7 Å². The first-order valence-corrected chi connectivity index (χ1v) is 12.2. The number of aromatic amines is 1. The summed E-state index contributed by atoms with van der Waals surface area (Å²) in [5.74, 6) is 0.957. The van der Waals surface area contributed by atoms with Gasteiger partial charge in [-0.3, -0.25) is 0 Å². The van der Waals surface area contributed by atoms with E-state index in [-0.39, 0.29) is 6.04 Å². The average molecular weight is 453 g/mol. The number of unbranched alkanes of at least 4 members (excludes halogenated alkanes) is 1. The van der Waals surface area contributed by atoms with Crippen molar-refractivity contribution in [1.29, 1.82) is 5.26 Å². The van der Waals surface area contributed by atoms with Crippen LogP contribution in [0.2, 0.25) is 0 Å². The Kier molecular flexibility index (Phi) is 7.84. The van der Waals surface area contributed by atoms with Gasteiger partial charge in [0.1, 0.15) is 5.82 Å². The van der Waals surface area contributed by atoms with Gasteiger partial charge in [-0.15, -0.1) is 0 Å². The van der Waals surface area contributed by atoms with Crippen LogP contribution in [0.5, 0.6) is 0 Å². The van der Waals surface area contributed by atoms with Gasteiger partial charge in [0.15, 0.2) is 0 Å². The number of nitrogens with one attached hydrogen (secondary N) is 1. The molecular formula is C28H28N4S. The maximum Gasteiger partial charge on any atom is 0.129 e. The zero-order valence-corrected chi connectivity index (χ0v) is 19.6. The van der Waals surface area contributed by atoms with E-state index >= 15 is 0 Å². The fourth-order valence-corrected chi connectivity index (χ4v) is 4.71. The predicted octanol–water partition coefficient (Wildman–Crippen LogP) is 7.02. The Labute approximate surface area is 200 Å². The van der Waals surface area contributed by atoms with Crippen molar-refractivity contribution in [3.05, 3.63) is 108 Å². The van der Waals surface area contributed by atoms with E-state index in [4.69, 9.17) is 5.26 Å². The monoisotopic (exact) mass is 452 g/mol. The van der Waals surface area contributed by atoms with Crippen molar-refractivity contribution in [2.45, 2.75) is 42.0 Å². The van der Waals surface area contributed by atoms with Crippen molar-refractivity contribution >= 4 is 17.4 Å². The Balaban J connectivity index is 1.61. The standard InChI is InChI=1S/C28H28N4S/c1-2-3-19-32(24-13-15-26(16-14-24)33-25-7-5-4-6-8-25)27(28-30-17-18-31-28)20-22-9-11-23(21-29)12-10-22/h4-18,27H,2-3,19-20H2,1H3,(H,30,31)/t27-/m0/s1. The van der Waals surface area contributed by atoms with Gasteiger partial charge in [-0.05, 0) is 66.9 Å². The van der Waals surface area contributed by atoms with E-state index in [1.165, 1.54) is 21.0 Å². The van der Waals surface area contributed by atoms with E-state index in [1.807, 2.05) is 42.7 Å². The highest BCUT2D eigenvalue weighted by atomic mass is 32.2. The summed E-state index contributed by atoms with van der Waals surface area (Å²) in [6.07, 6.45) is 6.74. The molecule has 0 spiro atoms. The zero-order valence-electron chi connectivity index (χ0n) is 18.8. The molecule has 0 aliphatic carbocycles. The minimum Gasteiger partial charge on any atom is -0.361 e. The summed E-state index contributed by atoms with van der Waals surface area (Å²) in [4.78, 5) is 12.9. The second kappa shape index (κ2) is 11.4. The average Bonchev–Trinajstić information content (AvgIpc) is 3.40. The van der Waals surface area contributed by atoms with Gasteiger partial charge in [0, 0.05) is 34.4 Å². The van der Waals surface area contributed by atoms with Crippen LogP contribution in [0, 0.1) is 11.3 Å². The molecule has 0 aliphatic rings. The first kappa shape index (κ1) is 22.7. The van der Waals surface area contributed by atoms with Crippen molar-refractivity contribution in [1.82, 2.24) is 9.97 Å². The van der Waals surface area contributed by atoms with Crippen LogP contribution in [-0.2, 0) is 6.42 Å². The second-order valence-corrected chi connectivity index (χ2v) is 9.11. The normalized spacial score (nSPS) is 11.6. The lowest BCUT2D eigenvalue weighted by atomic mass is 10.0. The van der Waals surface area contributed by atoms with Crippen LogP contribution in [0.1, 0.15) is 42.8 Å². The lowest BCUT2D eigenvalue weighted by Gasteiger charge is -2.33. The molecule has 0 radical (unpaired) electrons. The molecule has 5 heteroatoms. The Morgan fingerprint density at radius 3 is 2.33 bits per heavy atom. The smallest absolute Gasteiger partial charge is 0.129 e. The van der Waals surface area contributed by atoms with E-state index in [9.17, 15) is 0 Å². The molecule has 0 saturated heterocycles. The molecule has 4 rings (SSSR count). The summed E-state index contributed by atoms with van der Waals surface area (Å²) in [6.45, 7) is 3.17. The Hall–Kier alpha value is -3.49. The number of nitrogens with zero attached hydrogens (tertiary/aromatic N) is 3. The molecule has 33 heavy (non-hydrogen) atoms. The van der Waals surface area contributed by atoms with Gasteiger partial charge in [0.05, 0.1) is 17.7 Å². The molecule has 0 aliphatic heterocycles. The molecule has 0 bridgehead atoms. The number of hydrogen-bond donors (Lipinski definition) is 1. The van der Waals surface area contributed by atoms with Crippen molar-refractivity contribution in [3.8, 4) is 6.07 Å². The first-order valence-electron chi connectivity index (χ1n) is 11.3. The Morgan fingerprint density at radius 1 is 0.970 bits per heavy atom. The molecule has 1 heterocycles. The maximum absolute atomic E-state index is 9.14. The quantitative estimate of drug-likeness (QED) is 0.281. The van der Waals surface area contributed by atoms with Crippen molar-refractivity contribution in [2.24, 2.45) is 0 Å². The summed E-state index contributed by atoms with van der Waals surface area (Å²) < 4.78 is 0. The van der Waals surface area contributed by atoms with Gasteiger partial charge < -0.3 is 9.88 Å². The van der Waals surface area contributed by atoms with Crippen molar-refractivity contribution in [2.75, 3.05) is 11.4 Å². The van der Waals surface area contributed by atoms with E-state index in [0.29, 0.717) is 5.56 Å². The molecule has 0 amide bonds. The van der Waals surface area contributed by atoms with E-state index in [1.54, 1.807) is 11.8 Å². The predicted molar refractivity (Wildman–Crippen MR) is 135 cm³/mol. The van der Waals surface area contributed by atoms with Gasteiger partial charge >= 0.3 is 0 Å². The van der Waals surface area contributed by atoms with Crippen molar-refractivity contribution in [3.63, 3.8) is 0 Å². The van der Waals surface area contributed by atoms with Gasteiger partial charge in [0.2, 0.25) is 0 Å². The second-order valence-electron chi connectivity index (χ2n) is 7.96. The maximum atomic E-state index is 9.14. The molecule has 3 aromatic carbocycles. The van der Waals surface area contributed by atoms with Gasteiger partial charge in [0.25, 0.3) is 0 Å². The lowest BCUT2D eigenvalue weighted by molar-refractivity contribution is 0.572. The number of rotatable bonds is 10. The van der Waals surface area contributed by atoms with Gasteiger partial charge in [-0.2, -0.15) is 5.26 Å². The van der Waals surface area contributed by atoms with E-state index in [0.717, 1.165) is 31.6 Å². The van der Waals surface area contributed by atoms with Gasteiger partial charge in [-0.25, -0.2) is 4.98 Å². The number of hydrogen-bond acceptors (Lipinski definition) is 4. The number of anilines is 1. The largest absolute Gasteiger partial charge is 0.361 e. The van der Waals surface area contributed by atoms with Crippen LogP contribution in [0.4, 0.5) is 5.69 Å². The number of benzene rings is 3. The molecule has 1 aromatic heterocycles. The number of aromatic nitrogens is 2.